The van der Waals surface area contributed by atoms with E-state index in [1.165, 1.54) is 18.4 Å². The molecule has 0 amide bonds. The highest BCUT2D eigenvalue weighted by Gasteiger charge is 2.31. The van der Waals surface area contributed by atoms with Crippen LogP contribution in [0.15, 0.2) is 24.3 Å². The van der Waals surface area contributed by atoms with Crippen LogP contribution >= 0.6 is 0 Å². The Morgan fingerprint density at radius 1 is 1.38 bits per heavy atom. The highest BCUT2D eigenvalue weighted by atomic mass is 16.4. The van der Waals surface area contributed by atoms with Crippen molar-refractivity contribution in [3.05, 3.63) is 35.4 Å². The third-order valence-corrected chi connectivity index (χ3v) is 3.06. The summed E-state index contributed by atoms with van der Waals surface area (Å²) in [7, 11) is 3.62. The van der Waals surface area contributed by atoms with Gasteiger partial charge < -0.3 is 5.11 Å². The fraction of sp³-hybridized carbons (Fsp3) is 0.462. The van der Waals surface area contributed by atoms with Gasteiger partial charge in [-0.15, -0.1) is 0 Å². The normalized spacial score (nSPS) is 17.4. The molecule has 2 rings (SSSR count). The Labute approximate surface area is 95.7 Å². The number of aliphatic carboxylic acids is 1. The highest BCUT2D eigenvalue weighted by Crippen LogP contribution is 2.43. The molecule has 16 heavy (non-hydrogen) atoms. The van der Waals surface area contributed by atoms with Crippen LogP contribution < -0.4 is 0 Å². The summed E-state index contributed by atoms with van der Waals surface area (Å²) in [5.41, 5.74) is 2.16. The first-order chi connectivity index (χ1) is 7.61. The van der Waals surface area contributed by atoms with Gasteiger partial charge in [0.15, 0.2) is 0 Å². The summed E-state index contributed by atoms with van der Waals surface area (Å²) in [5.74, 6) is -0.198. The predicted octanol–water partition coefficient (Wildman–Crippen LogP) is 2.25. The van der Waals surface area contributed by atoms with Crippen molar-refractivity contribution in [1.82, 2.24) is 4.90 Å². The first-order valence-corrected chi connectivity index (χ1v) is 5.59. The summed E-state index contributed by atoms with van der Waals surface area (Å²) in [6.45, 7) is 0. The molecule has 1 atom stereocenters. The van der Waals surface area contributed by atoms with Crippen LogP contribution in [0.5, 0.6) is 0 Å². The van der Waals surface area contributed by atoms with Crippen molar-refractivity contribution in [2.45, 2.75) is 24.8 Å². The van der Waals surface area contributed by atoms with Gasteiger partial charge >= 0.3 is 5.97 Å². The van der Waals surface area contributed by atoms with Gasteiger partial charge in [-0.3, -0.25) is 9.69 Å². The Bertz CT molecular complexity index is 397. The molecular formula is C13H17NO2. The zero-order valence-corrected chi connectivity index (χ0v) is 9.68. The van der Waals surface area contributed by atoms with E-state index in [1.54, 1.807) is 4.90 Å². The van der Waals surface area contributed by atoms with Gasteiger partial charge in [-0.25, -0.2) is 0 Å². The first kappa shape index (κ1) is 11.1. The van der Waals surface area contributed by atoms with E-state index in [-0.39, 0.29) is 0 Å². The molecular weight excluding hydrogens is 202 g/mol. The number of rotatable bonds is 4. The summed E-state index contributed by atoms with van der Waals surface area (Å²) in [6, 6.07) is 7.38. The molecule has 0 bridgehead atoms. The molecule has 1 aliphatic carbocycles. The zero-order chi connectivity index (χ0) is 11.7. The topological polar surface area (TPSA) is 40.5 Å². The minimum absolute atomic E-state index is 0.531. The van der Waals surface area contributed by atoms with Gasteiger partial charge in [0.2, 0.25) is 0 Å². The summed E-state index contributed by atoms with van der Waals surface area (Å²) in [5, 5.41) is 9.28. The molecule has 0 aromatic heterocycles. The van der Waals surface area contributed by atoms with Crippen molar-refractivity contribution in [2.24, 2.45) is 0 Å². The molecule has 3 heteroatoms. The van der Waals surface area contributed by atoms with Crippen molar-refractivity contribution < 1.29 is 9.90 Å². The Balaban J connectivity index is 2.40. The van der Waals surface area contributed by atoms with Gasteiger partial charge in [0.25, 0.3) is 0 Å². The lowest BCUT2D eigenvalue weighted by Crippen LogP contribution is -2.28. The monoisotopic (exact) mass is 219 g/mol. The number of likely N-dealkylation sites (N-methyl/N-ethyl adjacent to an activating group) is 1. The van der Waals surface area contributed by atoms with Crippen LogP contribution in [0.1, 0.15) is 35.9 Å². The van der Waals surface area contributed by atoms with Crippen LogP contribution in [0.3, 0.4) is 0 Å². The summed E-state index contributed by atoms with van der Waals surface area (Å²) in [4.78, 5) is 13.0. The van der Waals surface area contributed by atoms with Crippen LogP contribution in [0.4, 0.5) is 0 Å². The predicted molar refractivity (Wildman–Crippen MR) is 62.5 cm³/mol. The lowest BCUT2D eigenvalue weighted by Gasteiger charge is -2.22. The third kappa shape index (κ3) is 2.09. The molecule has 1 aliphatic rings. The average Bonchev–Trinajstić information content (AvgIpc) is 3.00. The summed E-state index contributed by atoms with van der Waals surface area (Å²) < 4.78 is 0. The maximum atomic E-state index is 11.3. The van der Waals surface area contributed by atoms with Crippen LogP contribution in [0, 0.1) is 0 Å². The fourth-order valence-corrected chi connectivity index (χ4v) is 2.16. The molecule has 1 fully saturated rings. The van der Waals surface area contributed by atoms with E-state index in [2.05, 4.69) is 6.07 Å². The molecule has 1 aromatic rings. The second-order valence-electron chi connectivity index (χ2n) is 4.61. The summed E-state index contributed by atoms with van der Waals surface area (Å²) in [6.07, 6.45) is 2.38. The van der Waals surface area contributed by atoms with E-state index >= 15 is 0 Å². The van der Waals surface area contributed by atoms with Gasteiger partial charge in [-0.05, 0) is 44.0 Å². The average molecular weight is 219 g/mol. The van der Waals surface area contributed by atoms with Crippen molar-refractivity contribution in [2.75, 3.05) is 14.1 Å². The third-order valence-electron chi connectivity index (χ3n) is 3.06. The quantitative estimate of drug-likeness (QED) is 0.844. The molecule has 3 nitrogen and oxygen atoms in total. The number of carbonyl (C=O) groups is 1. The molecule has 1 aromatic carbocycles. The lowest BCUT2D eigenvalue weighted by molar-refractivity contribution is -0.142. The lowest BCUT2D eigenvalue weighted by atomic mass is 9.96. The largest absolute Gasteiger partial charge is 0.480 e. The van der Waals surface area contributed by atoms with Crippen molar-refractivity contribution >= 4 is 5.97 Å². The number of benzene rings is 1. The molecule has 0 saturated heterocycles. The SMILES string of the molecule is CN(C)C(C(=O)O)c1ccccc1C1CC1. The Hall–Kier alpha value is -1.35. The van der Waals surface area contributed by atoms with E-state index < -0.39 is 12.0 Å². The summed E-state index contributed by atoms with van der Waals surface area (Å²) >= 11 is 0. The standard InChI is InChI=1S/C13H17NO2/c1-14(2)12(13(15)16)11-6-4-3-5-10(11)9-7-8-9/h3-6,9,12H,7-8H2,1-2H3,(H,15,16). The Morgan fingerprint density at radius 2 is 2.00 bits per heavy atom. The van der Waals surface area contributed by atoms with Gasteiger partial charge in [-0.2, -0.15) is 0 Å². The van der Waals surface area contributed by atoms with Gasteiger partial charge in [0.1, 0.15) is 6.04 Å². The molecule has 86 valence electrons. The smallest absolute Gasteiger partial charge is 0.325 e. The van der Waals surface area contributed by atoms with Crippen molar-refractivity contribution in [3.8, 4) is 0 Å². The van der Waals surface area contributed by atoms with Gasteiger partial charge in [0.05, 0.1) is 0 Å². The Morgan fingerprint density at radius 3 is 2.50 bits per heavy atom. The second-order valence-corrected chi connectivity index (χ2v) is 4.61. The molecule has 1 unspecified atom stereocenters. The van der Waals surface area contributed by atoms with Crippen LogP contribution in [0.25, 0.3) is 0 Å². The zero-order valence-electron chi connectivity index (χ0n) is 9.68. The molecule has 0 spiro atoms. The number of hydrogen-bond acceptors (Lipinski definition) is 2. The van der Waals surface area contributed by atoms with Crippen LogP contribution in [0.2, 0.25) is 0 Å². The molecule has 1 saturated carbocycles. The van der Waals surface area contributed by atoms with E-state index in [0.717, 1.165) is 5.56 Å². The Kier molecular flexibility index (Phi) is 2.97. The van der Waals surface area contributed by atoms with Crippen LogP contribution in [-0.2, 0) is 4.79 Å². The molecule has 0 heterocycles. The van der Waals surface area contributed by atoms with Gasteiger partial charge in [-0.1, -0.05) is 24.3 Å². The van der Waals surface area contributed by atoms with E-state index in [1.807, 2.05) is 32.3 Å². The van der Waals surface area contributed by atoms with E-state index in [0.29, 0.717) is 5.92 Å². The number of nitrogens with zero attached hydrogens (tertiary/aromatic N) is 1. The van der Waals surface area contributed by atoms with Crippen LogP contribution in [-0.4, -0.2) is 30.1 Å². The van der Waals surface area contributed by atoms with E-state index in [4.69, 9.17) is 0 Å². The molecule has 1 N–H and O–H groups in total. The van der Waals surface area contributed by atoms with Crippen molar-refractivity contribution in [1.29, 1.82) is 0 Å². The van der Waals surface area contributed by atoms with Gasteiger partial charge in [0, 0.05) is 0 Å². The highest BCUT2D eigenvalue weighted by molar-refractivity contribution is 5.76. The first-order valence-electron chi connectivity index (χ1n) is 5.59. The molecule has 0 radical (unpaired) electrons. The number of hydrogen-bond donors (Lipinski definition) is 1. The second kappa shape index (κ2) is 4.26. The van der Waals surface area contributed by atoms with E-state index in [9.17, 15) is 9.90 Å². The minimum Gasteiger partial charge on any atom is -0.480 e. The maximum Gasteiger partial charge on any atom is 0.325 e. The minimum atomic E-state index is -0.780. The number of carboxylic acid groups (broad SMARTS) is 1. The molecule has 0 aliphatic heterocycles. The van der Waals surface area contributed by atoms with Crippen molar-refractivity contribution in [3.63, 3.8) is 0 Å². The number of carboxylic acids is 1. The fourth-order valence-electron chi connectivity index (χ4n) is 2.16. The maximum absolute atomic E-state index is 11.3.